The third-order valence-corrected chi connectivity index (χ3v) is 4.15. The van der Waals surface area contributed by atoms with Gasteiger partial charge >= 0.3 is 0 Å². The van der Waals surface area contributed by atoms with Crippen molar-refractivity contribution in [3.05, 3.63) is 41.6 Å². The molecule has 1 amide bonds. The van der Waals surface area contributed by atoms with Crippen molar-refractivity contribution >= 4 is 5.91 Å². The molecule has 6 nitrogen and oxygen atoms in total. The second kappa shape index (κ2) is 6.73. The molecule has 1 aromatic heterocycles. The maximum Gasteiger partial charge on any atom is 0.223 e. The van der Waals surface area contributed by atoms with Gasteiger partial charge in [-0.15, -0.1) is 0 Å². The molecule has 1 aliphatic heterocycles. The Kier molecular flexibility index (Phi) is 4.50. The largest absolute Gasteiger partial charge is 0.493 e. The van der Waals surface area contributed by atoms with Crippen molar-refractivity contribution in [3.63, 3.8) is 0 Å². The Balaban J connectivity index is 1.68. The second-order valence-electron chi connectivity index (χ2n) is 5.52. The van der Waals surface area contributed by atoms with Gasteiger partial charge in [-0.2, -0.15) is 0 Å². The molecule has 0 fully saturated rings. The lowest BCUT2D eigenvalue weighted by atomic mass is 9.98. The summed E-state index contributed by atoms with van der Waals surface area (Å²) in [5.41, 5.74) is 3.13. The van der Waals surface area contributed by atoms with Gasteiger partial charge < -0.3 is 18.8 Å². The Bertz CT molecular complexity index is 682. The molecule has 2 aromatic rings. The Hall–Kier alpha value is -2.50. The predicted molar refractivity (Wildman–Crippen MR) is 83.5 cm³/mol. The van der Waals surface area contributed by atoms with Crippen molar-refractivity contribution in [1.82, 2.24) is 9.88 Å². The van der Waals surface area contributed by atoms with Gasteiger partial charge in [0.15, 0.2) is 17.9 Å². The third-order valence-electron chi connectivity index (χ3n) is 4.15. The molecule has 0 bridgehead atoms. The smallest absolute Gasteiger partial charge is 0.223 e. The molecule has 2 heterocycles. The quantitative estimate of drug-likeness (QED) is 0.846. The Morgan fingerprint density at radius 3 is 2.65 bits per heavy atom. The van der Waals surface area contributed by atoms with Crippen LogP contribution in [-0.4, -0.2) is 36.6 Å². The molecule has 1 aliphatic rings. The topological polar surface area (TPSA) is 64.8 Å². The first-order valence-corrected chi connectivity index (χ1v) is 7.60. The average Bonchev–Trinajstić information content (AvgIpc) is 3.11. The number of fused-ring (bicyclic) bond motifs is 1. The minimum absolute atomic E-state index is 0.133. The summed E-state index contributed by atoms with van der Waals surface area (Å²) >= 11 is 0. The zero-order valence-corrected chi connectivity index (χ0v) is 13.4. The summed E-state index contributed by atoms with van der Waals surface area (Å²) in [5, 5.41) is 0. The number of ether oxygens (including phenoxy) is 2. The van der Waals surface area contributed by atoms with Crippen LogP contribution in [0, 0.1) is 0 Å². The van der Waals surface area contributed by atoms with Crippen LogP contribution in [0.15, 0.2) is 29.2 Å². The number of hydrogen-bond acceptors (Lipinski definition) is 5. The van der Waals surface area contributed by atoms with E-state index in [0.717, 1.165) is 30.0 Å². The highest BCUT2D eigenvalue weighted by Gasteiger charge is 2.22. The van der Waals surface area contributed by atoms with Gasteiger partial charge in [0, 0.05) is 25.9 Å². The van der Waals surface area contributed by atoms with Crippen molar-refractivity contribution in [1.29, 1.82) is 0 Å². The highest BCUT2D eigenvalue weighted by atomic mass is 16.5. The summed E-state index contributed by atoms with van der Waals surface area (Å²) in [6, 6.07) is 3.97. The molecule has 0 aliphatic carbocycles. The molecule has 23 heavy (non-hydrogen) atoms. The number of carbonyl (C=O) groups excluding carboxylic acids is 1. The molecular formula is C17H20N2O4. The van der Waals surface area contributed by atoms with Crippen LogP contribution in [0.5, 0.6) is 11.5 Å². The van der Waals surface area contributed by atoms with Crippen molar-refractivity contribution < 1.29 is 18.7 Å². The lowest BCUT2D eigenvalue weighted by Gasteiger charge is -2.29. The van der Waals surface area contributed by atoms with Gasteiger partial charge in [0.2, 0.25) is 5.91 Å². The van der Waals surface area contributed by atoms with Gasteiger partial charge in [0.1, 0.15) is 6.26 Å². The standard InChI is InChI=1S/C17H20N2O4/c1-21-15-7-12-5-6-19(9-13(12)8-16(15)22-2)17(20)4-3-14-10-23-11-18-14/h7-8,10-11H,3-6,9H2,1-2H3. The van der Waals surface area contributed by atoms with E-state index in [2.05, 4.69) is 4.98 Å². The Morgan fingerprint density at radius 2 is 2.00 bits per heavy atom. The van der Waals surface area contributed by atoms with Crippen LogP contribution in [0.3, 0.4) is 0 Å². The van der Waals surface area contributed by atoms with Gasteiger partial charge in [0.25, 0.3) is 0 Å². The molecule has 3 rings (SSSR count). The molecule has 0 saturated carbocycles. The number of benzene rings is 1. The van der Waals surface area contributed by atoms with E-state index in [-0.39, 0.29) is 5.91 Å². The molecule has 0 radical (unpaired) electrons. The minimum atomic E-state index is 0.133. The molecule has 0 unspecified atom stereocenters. The van der Waals surface area contributed by atoms with E-state index in [0.29, 0.717) is 25.1 Å². The average molecular weight is 316 g/mol. The number of aromatic nitrogens is 1. The fourth-order valence-corrected chi connectivity index (χ4v) is 2.85. The fourth-order valence-electron chi connectivity index (χ4n) is 2.85. The van der Waals surface area contributed by atoms with E-state index in [9.17, 15) is 4.79 Å². The number of amides is 1. The van der Waals surface area contributed by atoms with Gasteiger partial charge in [-0.05, 0) is 29.7 Å². The summed E-state index contributed by atoms with van der Waals surface area (Å²) in [7, 11) is 3.25. The minimum Gasteiger partial charge on any atom is -0.493 e. The van der Waals surface area contributed by atoms with Crippen LogP contribution in [-0.2, 0) is 24.2 Å². The fraction of sp³-hybridized carbons (Fsp3) is 0.412. The van der Waals surface area contributed by atoms with Gasteiger partial charge in [0.05, 0.1) is 19.9 Å². The highest BCUT2D eigenvalue weighted by Crippen LogP contribution is 2.33. The van der Waals surface area contributed by atoms with E-state index in [1.165, 1.54) is 12.0 Å². The Labute approximate surface area is 135 Å². The third kappa shape index (κ3) is 3.31. The number of nitrogens with zero attached hydrogens (tertiary/aromatic N) is 2. The van der Waals surface area contributed by atoms with Crippen LogP contribution < -0.4 is 9.47 Å². The number of aryl methyl sites for hydroxylation is 1. The number of oxazole rings is 1. The summed E-state index contributed by atoms with van der Waals surface area (Å²) in [4.78, 5) is 18.3. The lowest BCUT2D eigenvalue weighted by molar-refractivity contribution is -0.132. The molecule has 0 spiro atoms. The molecule has 0 saturated heterocycles. The predicted octanol–water partition coefficient (Wildman–Crippen LogP) is 2.21. The van der Waals surface area contributed by atoms with Crippen molar-refractivity contribution in [2.45, 2.75) is 25.8 Å². The first-order valence-electron chi connectivity index (χ1n) is 7.60. The lowest BCUT2D eigenvalue weighted by Crippen LogP contribution is -2.36. The number of carbonyl (C=O) groups is 1. The molecule has 122 valence electrons. The van der Waals surface area contributed by atoms with Gasteiger partial charge in [-0.1, -0.05) is 0 Å². The first kappa shape index (κ1) is 15.4. The zero-order chi connectivity index (χ0) is 16.2. The maximum absolute atomic E-state index is 12.4. The molecule has 1 aromatic carbocycles. The molecule has 6 heteroatoms. The highest BCUT2D eigenvalue weighted by molar-refractivity contribution is 5.76. The molecule has 0 atom stereocenters. The zero-order valence-electron chi connectivity index (χ0n) is 13.4. The summed E-state index contributed by atoms with van der Waals surface area (Å²) in [6.07, 6.45) is 4.83. The summed E-state index contributed by atoms with van der Waals surface area (Å²) in [6.45, 7) is 1.33. The van der Waals surface area contributed by atoms with E-state index < -0.39 is 0 Å². The molecular weight excluding hydrogens is 296 g/mol. The number of hydrogen-bond donors (Lipinski definition) is 0. The van der Waals surface area contributed by atoms with Crippen LogP contribution in [0.1, 0.15) is 23.2 Å². The second-order valence-corrected chi connectivity index (χ2v) is 5.52. The van der Waals surface area contributed by atoms with Crippen LogP contribution in [0.2, 0.25) is 0 Å². The van der Waals surface area contributed by atoms with Crippen LogP contribution in [0.4, 0.5) is 0 Å². The Morgan fingerprint density at radius 1 is 1.26 bits per heavy atom. The van der Waals surface area contributed by atoms with E-state index in [1.54, 1.807) is 20.5 Å². The molecule has 0 N–H and O–H groups in total. The van der Waals surface area contributed by atoms with Gasteiger partial charge in [-0.25, -0.2) is 4.98 Å². The number of rotatable bonds is 5. The van der Waals surface area contributed by atoms with Crippen molar-refractivity contribution in [2.24, 2.45) is 0 Å². The van der Waals surface area contributed by atoms with Crippen molar-refractivity contribution in [3.8, 4) is 11.5 Å². The van der Waals surface area contributed by atoms with Crippen molar-refractivity contribution in [2.75, 3.05) is 20.8 Å². The van der Waals surface area contributed by atoms with E-state index in [4.69, 9.17) is 13.9 Å². The number of methoxy groups -OCH3 is 2. The van der Waals surface area contributed by atoms with E-state index >= 15 is 0 Å². The first-order chi connectivity index (χ1) is 11.2. The SMILES string of the molecule is COc1cc2c(cc1OC)CN(C(=O)CCc1cocn1)CC2. The monoisotopic (exact) mass is 316 g/mol. The summed E-state index contributed by atoms with van der Waals surface area (Å²) in [5.74, 6) is 1.56. The van der Waals surface area contributed by atoms with Gasteiger partial charge in [-0.3, -0.25) is 4.79 Å². The maximum atomic E-state index is 12.4. The summed E-state index contributed by atoms with van der Waals surface area (Å²) < 4.78 is 15.6. The normalized spacial score (nSPS) is 13.6. The van der Waals surface area contributed by atoms with E-state index in [1.807, 2.05) is 17.0 Å². The van der Waals surface area contributed by atoms with Crippen LogP contribution in [0.25, 0.3) is 0 Å². The van der Waals surface area contributed by atoms with Crippen LogP contribution >= 0.6 is 0 Å².